The molecular weight excluding hydrogens is 361 g/mol. The molecule has 0 radical (unpaired) electrons. The molecule has 0 bridgehead atoms. The molecule has 0 aliphatic heterocycles. The zero-order chi connectivity index (χ0) is 16.8. The summed E-state index contributed by atoms with van der Waals surface area (Å²) in [6, 6.07) is 8.45. The third-order valence-electron chi connectivity index (χ3n) is 2.93. The zero-order valence-electron chi connectivity index (χ0n) is 12.2. The van der Waals surface area contributed by atoms with Crippen LogP contribution in [0.15, 0.2) is 35.5 Å². The molecule has 23 heavy (non-hydrogen) atoms. The van der Waals surface area contributed by atoms with Crippen molar-refractivity contribution in [3.8, 4) is 11.5 Å². The van der Waals surface area contributed by atoms with Crippen molar-refractivity contribution in [1.82, 2.24) is 0 Å². The topological polar surface area (TPSA) is 51.0 Å². The second kappa shape index (κ2) is 8.29. The lowest BCUT2D eigenvalue weighted by atomic mass is 10.2. The Bertz CT molecular complexity index is 720. The van der Waals surface area contributed by atoms with Crippen molar-refractivity contribution >= 4 is 41.0 Å². The van der Waals surface area contributed by atoms with E-state index in [0.717, 1.165) is 5.56 Å². The number of hydrogen-bond donors (Lipinski definition) is 1. The van der Waals surface area contributed by atoms with Crippen molar-refractivity contribution in [2.24, 2.45) is 5.16 Å². The van der Waals surface area contributed by atoms with E-state index in [4.69, 9.17) is 49.5 Å². The van der Waals surface area contributed by atoms with E-state index >= 15 is 0 Å². The van der Waals surface area contributed by atoms with Crippen molar-refractivity contribution in [2.45, 2.75) is 13.5 Å². The smallest absolute Gasteiger partial charge is 0.180 e. The molecule has 122 valence electrons. The molecule has 0 heterocycles. The van der Waals surface area contributed by atoms with Gasteiger partial charge in [0.2, 0.25) is 0 Å². The first-order chi connectivity index (χ1) is 11.0. The quantitative estimate of drug-likeness (QED) is 0.416. The van der Waals surface area contributed by atoms with Crippen LogP contribution in [0.4, 0.5) is 0 Å². The largest absolute Gasteiger partial charge is 0.490 e. The predicted octanol–water partition coefficient (Wildman–Crippen LogP) is 5.43. The van der Waals surface area contributed by atoms with Crippen LogP contribution in [0.2, 0.25) is 15.1 Å². The van der Waals surface area contributed by atoms with Gasteiger partial charge in [0.15, 0.2) is 11.5 Å². The first-order valence-electron chi connectivity index (χ1n) is 6.75. The highest BCUT2D eigenvalue weighted by Crippen LogP contribution is 2.37. The normalized spacial score (nSPS) is 11.0. The Hall–Kier alpha value is -1.62. The number of ether oxygens (including phenoxy) is 2. The van der Waals surface area contributed by atoms with E-state index in [0.29, 0.717) is 38.7 Å². The van der Waals surface area contributed by atoms with Crippen LogP contribution in [-0.4, -0.2) is 18.0 Å². The Balaban J connectivity index is 2.27. The van der Waals surface area contributed by atoms with Crippen molar-refractivity contribution in [3.05, 3.63) is 56.5 Å². The summed E-state index contributed by atoms with van der Waals surface area (Å²) in [5.74, 6) is 0.856. The molecule has 0 aliphatic carbocycles. The van der Waals surface area contributed by atoms with Gasteiger partial charge in [0.25, 0.3) is 0 Å². The van der Waals surface area contributed by atoms with E-state index in [-0.39, 0.29) is 6.61 Å². The van der Waals surface area contributed by atoms with Gasteiger partial charge in [-0.05, 0) is 31.2 Å². The number of halogens is 3. The molecule has 0 fully saturated rings. The maximum absolute atomic E-state index is 8.63. The summed E-state index contributed by atoms with van der Waals surface area (Å²) in [5.41, 5.74) is 1.37. The van der Waals surface area contributed by atoms with Crippen molar-refractivity contribution in [1.29, 1.82) is 0 Å². The molecule has 0 aromatic heterocycles. The molecule has 7 heteroatoms. The fourth-order valence-corrected chi connectivity index (χ4v) is 2.66. The van der Waals surface area contributed by atoms with Gasteiger partial charge in [-0.1, -0.05) is 46.0 Å². The van der Waals surface area contributed by atoms with Crippen molar-refractivity contribution in [2.75, 3.05) is 6.61 Å². The van der Waals surface area contributed by atoms with E-state index in [9.17, 15) is 0 Å². The van der Waals surface area contributed by atoms with Gasteiger partial charge in [0.1, 0.15) is 6.61 Å². The van der Waals surface area contributed by atoms with E-state index in [1.54, 1.807) is 30.3 Å². The fourth-order valence-electron chi connectivity index (χ4n) is 1.92. The SMILES string of the molecule is CCOc1cc(/C=N/O)cc(Cl)c1OCc1ccc(Cl)cc1Cl. The molecule has 0 spiro atoms. The van der Waals surface area contributed by atoms with E-state index in [1.807, 2.05) is 6.92 Å². The summed E-state index contributed by atoms with van der Waals surface area (Å²) >= 11 is 18.2. The van der Waals surface area contributed by atoms with E-state index in [1.165, 1.54) is 6.21 Å². The van der Waals surface area contributed by atoms with Crippen LogP contribution in [-0.2, 0) is 6.61 Å². The maximum atomic E-state index is 8.63. The molecule has 0 atom stereocenters. The lowest BCUT2D eigenvalue weighted by molar-refractivity contribution is 0.269. The average Bonchev–Trinajstić information content (AvgIpc) is 2.49. The molecule has 0 unspecified atom stereocenters. The van der Waals surface area contributed by atoms with Crippen molar-refractivity contribution < 1.29 is 14.7 Å². The summed E-state index contributed by atoms with van der Waals surface area (Å²) < 4.78 is 11.3. The fraction of sp³-hybridized carbons (Fsp3) is 0.188. The number of benzene rings is 2. The van der Waals surface area contributed by atoms with Gasteiger partial charge >= 0.3 is 0 Å². The predicted molar refractivity (Wildman–Crippen MR) is 92.8 cm³/mol. The zero-order valence-corrected chi connectivity index (χ0v) is 14.5. The van der Waals surface area contributed by atoms with Crippen LogP contribution < -0.4 is 9.47 Å². The Morgan fingerprint density at radius 3 is 2.52 bits per heavy atom. The lowest BCUT2D eigenvalue weighted by Crippen LogP contribution is -2.02. The number of oxime groups is 1. The minimum absolute atomic E-state index is 0.212. The number of rotatable bonds is 6. The monoisotopic (exact) mass is 373 g/mol. The maximum Gasteiger partial charge on any atom is 0.180 e. The molecule has 2 aromatic rings. The molecule has 4 nitrogen and oxygen atoms in total. The molecule has 1 N–H and O–H groups in total. The average molecular weight is 375 g/mol. The molecule has 0 amide bonds. The molecular formula is C16H14Cl3NO3. The van der Waals surface area contributed by atoms with Gasteiger partial charge in [-0.25, -0.2) is 0 Å². The van der Waals surface area contributed by atoms with Gasteiger partial charge in [-0.3, -0.25) is 0 Å². The molecule has 0 aliphatic rings. The van der Waals surface area contributed by atoms with Crippen LogP contribution in [0.3, 0.4) is 0 Å². The highest BCUT2D eigenvalue weighted by Gasteiger charge is 2.13. The van der Waals surface area contributed by atoms with Gasteiger partial charge < -0.3 is 14.7 Å². The highest BCUT2D eigenvalue weighted by atomic mass is 35.5. The lowest BCUT2D eigenvalue weighted by Gasteiger charge is -2.15. The summed E-state index contributed by atoms with van der Waals surface area (Å²) in [5, 5.41) is 13.0. The second-order valence-electron chi connectivity index (χ2n) is 4.53. The third kappa shape index (κ3) is 4.67. The standard InChI is InChI=1S/C16H14Cl3NO3/c1-2-22-15-6-10(8-20-21)5-14(19)16(15)23-9-11-3-4-12(17)7-13(11)18/h3-8,21H,2,9H2,1H3/b20-8+. The van der Waals surface area contributed by atoms with Crippen LogP contribution >= 0.6 is 34.8 Å². The minimum Gasteiger partial charge on any atom is -0.490 e. The van der Waals surface area contributed by atoms with Gasteiger partial charge in [0.05, 0.1) is 17.8 Å². The van der Waals surface area contributed by atoms with Crippen LogP contribution in [0.1, 0.15) is 18.1 Å². The Kier molecular flexibility index (Phi) is 6.39. The Morgan fingerprint density at radius 1 is 1.09 bits per heavy atom. The first-order valence-corrected chi connectivity index (χ1v) is 7.89. The molecule has 0 saturated heterocycles. The highest BCUT2D eigenvalue weighted by molar-refractivity contribution is 6.35. The minimum atomic E-state index is 0.212. The van der Waals surface area contributed by atoms with Gasteiger partial charge in [0, 0.05) is 21.2 Å². The molecule has 0 saturated carbocycles. The van der Waals surface area contributed by atoms with Gasteiger partial charge in [-0.2, -0.15) is 0 Å². The van der Waals surface area contributed by atoms with E-state index < -0.39 is 0 Å². The number of hydrogen-bond acceptors (Lipinski definition) is 4. The third-order valence-corrected chi connectivity index (χ3v) is 3.79. The Morgan fingerprint density at radius 2 is 1.87 bits per heavy atom. The molecule has 2 rings (SSSR count). The second-order valence-corrected chi connectivity index (χ2v) is 5.78. The van der Waals surface area contributed by atoms with Crippen LogP contribution in [0.25, 0.3) is 0 Å². The van der Waals surface area contributed by atoms with Crippen molar-refractivity contribution in [3.63, 3.8) is 0 Å². The Labute approximate surface area is 149 Å². The van der Waals surface area contributed by atoms with E-state index in [2.05, 4.69) is 5.16 Å². The van der Waals surface area contributed by atoms with Gasteiger partial charge in [-0.15, -0.1) is 0 Å². The van der Waals surface area contributed by atoms with Crippen LogP contribution in [0.5, 0.6) is 11.5 Å². The number of nitrogens with zero attached hydrogens (tertiary/aromatic N) is 1. The summed E-state index contributed by atoms with van der Waals surface area (Å²) in [4.78, 5) is 0. The summed E-state index contributed by atoms with van der Waals surface area (Å²) in [6.45, 7) is 2.50. The summed E-state index contributed by atoms with van der Waals surface area (Å²) in [7, 11) is 0. The first kappa shape index (κ1) is 17.7. The van der Waals surface area contributed by atoms with Crippen LogP contribution in [0, 0.1) is 0 Å². The summed E-state index contributed by atoms with van der Waals surface area (Å²) in [6.07, 6.45) is 1.26. The molecule has 2 aromatic carbocycles.